The number of nitrogens with one attached hydrogen (secondary N) is 1. The molecule has 0 saturated carbocycles. The van der Waals surface area contributed by atoms with E-state index in [4.69, 9.17) is 11.6 Å². The average molecular weight is 309 g/mol. The van der Waals surface area contributed by atoms with Gasteiger partial charge in [0, 0.05) is 19.6 Å². The van der Waals surface area contributed by atoms with E-state index in [-0.39, 0.29) is 5.91 Å². The highest BCUT2D eigenvalue weighted by atomic mass is 35.5. The summed E-state index contributed by atoms with van der Waals surface area (Å²) in [5, 5.41) is 3.46. The fourth-order valence-corrected chi connectivity index (χ4v) is 3.44. The van der Waals surface area contributed by atoms with Crippen molar-refractivity contribution < 1.29 is 4.79 Å². The van der Waals surface area contributed by atoms with Gasteiger partial charge in [0.2, 0.25) is 0 Å². The Labute approximate surface area is 132 Å². The highest BCUT2D eigenvalue weighted by molar-refractivity contribution is 6.33. The van der Waals surface area contributed by atoms with Gasteiger partial charge in [0.15, 0.2) is 0 Å². The first kappa shape index (κ1) is 16.3. The van der Waals surface area contributed by atoms with E-state index in [1.165, 1.54) is 19.5 Å². The molecule has 1 fully saturated rings. The van der Waals surface area contributed by atoms with Crippen molar-refractivity contribution in [3.8, 4) is 0 Å². The van der Waals surface area contributed by atoms with Gasteiger partial charge in [-0.1, -0.05) is 37.6 Å². The zero-order valence-electron chi connectivity index (χ0n) is 12.9. The number of amides is 1. The van der Waals surface area contributed by atoms with Crippen molar-refractivity contribution >= 4 is 17.5 Å². The summed E-state index contributed by atoms with van der Waals surface area (Å²) in [6, 6.07) is 7.16. The number of piperidine rings is 1. The monoisotopic (exact) mass is 308 g/mol. The van der Waals surface area contributed by atoms with E-state index in [0.29, 0.717) is 17.1 Å². The number of hydrogen-bond donors (Lipinski definition) is 1. The van der Waals surface area contributed by atoms with Gasteiger partial charge >= 0.3 is 0 Å². The molecule has 1 aliphatic heterocycles. The number of nitrogens with zero attached hydrogens (tertiary/aromatic N) is 1. The largest absolute Gasteiger partial charge is 0.352 e. The summed E-state index contributed by atoms with van der Waals surface area (Å²) in [7, 11) is 0. The predicted molar refractivity (Wildman–Crippen MR) is 87.8 cm³/mol. The third-order valence-electron chi connectivity index (χ3n) is 4.00. The molecule has 3 nitrogen and oxygen atoms in total. The van der Waals surface area contributed by atoms with Crippen LogP contribution in [0, 0.1) is 11.8 Å². The van der Waals surface area contributed by atoms with Crippen molar-refractivity contribution in [1.82, 2.24) is 10.2 Å². The Morgan fingerprint density at radius 1 is 1.29 bits per heavy atom. The summed E-state index contributed by atoms with van der Waals surface area (Å²) in [5.74, 6) is 1.49. The molecule has 4 heteroatoms. The third kappa shape index (κ3) is 5.01. The molecule has 0 unspecified atom stereocenters. The fraction of sp³-hybridized carbons (Fsp3) is 0.588. The minimum absolute atomic E-state index is 0.0824. The van der Waals surface area contributed by atoms with Gasteiger partial charge in [-0.05, 0) is 43.4 Å². The summed E-state index contributed by atoms with van der Waals surface area (Å²) in [6.07, 6.45) is 2.31. The first-order valence-corrected chi connectivity index (χ1v) is 8.19. The summed E-state index contributed by atoms with van der Waals surface area (Å²) in [4.78, 5) is 14.5. The molecule has 1 N–H and O–H groups in total. The first-order valence-electron chi connectivity index (χ1n) is 7.81. The summed E-state index contributed by atoms with van der Waals surface area (Å²) < 4.78 is 0. The Kier molecular flexibility index (Phi) is 6.07. The lowest BCUT2D eigenvalue weighted by Crippen LogP contribution is -2.40. The predicted octanol–water partition coefficient (Wildman–Crippen LogP) is 3.44. The molecular weight excluding hydrogens is 284 g/mol. The Morgan fingerprint density at radius 2 is 1.95 bits per heavy atom. The lowest BCUT2D eigenvalue weighted by atomic mass is 9.92. The van der Waals surface area contributed by atoms with Gasteiger partial charge in [0.25, 0.3) is 5.91 Å². The van der Waals surface area contributed by atoms with Gasteiger partial charge in [-0.2, -0.15) is 0 Å². The van der Waals surface area contributed by atoms with E-state index in [1.54, 1.807) is 12.1 Å². The van der Waals surface area contributed by atoms with E-state index >= 15 is 0 Å². The minimum Gasteiger partial charge on any atom is -0.352 e. The van der Waals surface area contributed by atoms with Crippen LogP contribution >= 0.6 is 11.6 Å². The lowest BCUT2D eigenvalue weighted by molar-refractivity contribution is 0.0947. The van der Waals surface area contributed by atoms with E-state index in [2.05, 4.69) is 24.1 Å². The molecule has 1 aliphatic rings. The van der Waals surface area contributed by atoms with Crippen LogP contribution < -0.4 is 5.32 Å². The van der Waals surface area contributed by atoms with Crippen LogP contribution in [0.5, 0.6) is 0 Å². The second kappa shape index (κ2) is 7.81. The first-order chi connectivity index (χ1) is 10.1. The van der Waals surface area contributed by atoms with E-state index in [9.17, 15) is 4.79 Å². The highest BCUT2D eigenvalue weighted by Gasteiger charge is 2.21. The molecule has 116 valence electrons. The van der Waals surface area contributed by atoms with Crippen LogP contribution in [0.4, 0.5) is 0 Å². The van der Waals surface area contributed by atoms with Crippen molar-refractivity contribution in [3.63, 3.8) is 0 Å². The quantitative estimate of drug-likeness (QED) is 0.845. The number of carbonyl (C=O) groups is 1. The van der Waals surface area contributed by atoms with Crippen molar-refractivity contribution in [3.05, 3.63) is 34.9 Å². The summed E-state index contributed by atoms with van der Waals surface area (Å²) in [6.45, 7) is 8.76. The number of halogens is 1. The van der Waals surface area contributed by atoms with Gasteiger partial charge in [0.1, 0.15) is 0 Å². The lowest BCUT2D eigenvalue weighted by Gasteiger charge is -2.34. The number of likely N-dealkylation sites (tertiary alicyclic amines) is 1. The number of hydrogen-bond acceptors (Lipinski definition) is 2. The summed E-state index contributed by atoms with van der Waals surface area (Å²) >= 11 is 6.02. The van der Waals surface area contributed by atoms with Crippen LogP contribution in [0.3, 0.4) is 0 Å². The molecule has 2 atom stereocenters. The van der Waals surface area contributed by atoms with Crippen LogP contribution in [-0.4, -0.2) is 37.0 Å². The smallest absolute Gasteiger partial charge is 0.252 e. The molecule has 0 bridgehead atoms. The third-order valence-corrected chi connectivity index (χ3v) is 4.33. The van der Waals surface area contributed by atoms with Crippen molar-refractivity contribution in [2.45, 2.75) is 26.7 Å². The number of benzene rings is 1. The molecule has 1 amide bonds. The van der Waals surface area contributed by atoms with Gasteiger partial charge in [-0.25, -0.2) is 0 Å². The van der Waals surface area contributed by atoms with Gasteiger partial charge in [0.05, 0.1) is 10.6 Å². The maximum atomic E-state index is 12.0. The Bertz CT molecular complexity index is 468. The van der Waals surface area contributed by atoms with E-state index in [1.807, 2.05) is 12.1 Å². The number of carbonyl (C=O) groups excluding carboxylic acids is 1. The number of rotatable bonds is 5. The molecule has 1 aromatic carbocycles. The van der Waals surface area contributed by atoms with Crippen LogP contribution in [0.25, 0.3) is 0 Å². The zero-order chi connectivity index (χ0) is 15.2. The van der Waals surface area contributed by atoms with Crippen molar-refractivity contribution in [2.75, 3.05) is 26.2 Å². The SMILES string of the molecule is C[C@@H]1C[C@@H](C)CN(CCCNC(=O)c2ccccc2Cl)C1. The van der Waals surface area contributed by atoms with Crippen LogP contribution in [0.2, 0.25) is 5.02 Å². The second-order valence-electron chi connectivity index (χ2n) is 6.29. The molecule has 1 saturated heterocycles. The van der Waals surface area contributed by atoms with Gasteiger partial charge < -0.3 is 10.2 Å². The fourth-order valence-electron chi connectivity index (χ4n) is 3.22. The van der Waals surface area contributed by atoms with Gasteiger partial charge in [-0.15, -0.1) is 0 Å². The Morgan fingerprint density at radius 3 is 2.62 bits per heavy atom. The molecule has 0 spiro atoms. The zero-order valence-corrected chi connectivity index (χ0v) is 13.7. The molecule has 1 aromatic rings. The molecule has 0 radical (unpaired) electrons. The molecule has 21 heavy (non-hydrogen) atoms. The second-order valence-corrected chi connectivity index (χ2v) is 6.70. The molecule has 1 heterocycles. The Balaban J connectivity index is 1.70. The average Bonchev–Trinajstić information content (AvgIpc) is 2.43. The minimum atomic E-state index is -0.0824. The van der Waals surface area contributed by atoms with Crippen LogP contribution in [-0.2, 0) is 0 Å². The molecule has 0 aliphatic carbocycles. The standard InChI is InChI=1S/C17H25ClN2O/c1-13-10-14(2)12-20(11-13)9-5-8-19-17(21)15-6-3-4-7-16(15)18/h3-4,6-7,13-14H,5,8-12H2,1-2H3,(H,19,21)/t13-,14-/m1/s1. The maximum absolute atomic E-state index is 12.0. The maximum Gasteiger partial charge on any atom is 0.252 e. The van der Waals surface area contributed by atoms with E-state index < -0.39 is 0 Å². The molecule has 2 rings (SSSR count). The topological polar surface area (TPSA) is 32.3 Å². The molecular formula is C17H25ClN2O. The van der Waals surface area contributed by atoms with Gasteiger partial charge in [-0.3, -0.25) is 4.79 Å². The van der Waals surface area contributed by atoms with E-state index in [0.717, 1.165) is 24.8 Å². The van der Waals surface area contributed by atoms with Crippen LogP contribution in [0.15, 0.2) is 24.3 Å². The van der Waals surface area contributed by atoms with Crippen molar-refractivity contribution in [2.24, 2.45) is 11.8 Å². The van der Waals surface area contributed by atoms with Crippen molar-refractivity contribution in [1.29, 1.82) is 0 Å². The Hall–Kier alpha value is -1.06. The summed E-state index contributed by atoms with van der Waals surface area (Å²) in [5.41, 5.74) is 0.555. The normalized spacial score (nSPS) is 23.0. The molecule has 0 aromatic heterocycles. The van der Waals surface area contributed by atoms with Crippen LogP contribution in [0.1, 0.15) is 37.0 Å². The highest BCUT2D eigenvalue weighted by Crippen LogP contribution is 2.20.